The second kappa shape index (κ2) is 5.21. The Morgan fingerprint density at radius 2 is 2.22 bits per heavy atom. The number of carbonyl (C=O) groups excluding carboxylic acids is 1. The number of Topliss-reactive ketones (excluding diaryl/α,β-unsaturated/α-hetero) is 1. The van der Waals surface area contributed by atoms with E-state index >= 15 is 0 Å². The van der Waals surface area contributed by atoms with Crippen molar-refractivity contribution in [3.63, 3.8) is 0 Å². The fourth-order valence-corrected chi connectivity index (χ4v) is 2.06. The van der Waals surface area contributed by atoms with E-state index in [-0.39, 0.29) is 5.78 Å². The number of ketones is 1. The molecule has 96 valence electrons. The summed E-state index contributed by atoms with van der Waals surface area (Å²) in [6.45, 7) is 2.53. The van der Waals surface area contributed by atoms with Gasteiger partial charge in [0.05, 0.1) is 17.4 Å². The molecule has 4 nitrogen and oxygen atoms in total. The Bertz CT molecular complexity index is 559. The number of benzene rings is 1. The lowest BCUT2D eigenvalue weighted by Gasteiger charge is -2.18. The summed E-state index contributed by atoms with van der Waals surface area (Å²) >= 11 is 0. The third kappa shape index (κ3) is 2.70. The molecule has 0 fully saturated rings. The van der Waals surface area contributed by atoms with Crippen LogP contribution in [0.25, 0.3) is 11.0 Å². The van der Waals surface area contributed by atoms with Gasteiger partial charge in [-0.2, -0.15) is 0 Å². The largest absolute Gasteiger partial charge is 0.375 e. The zero-order valence-electron chi connectivity index (χ0n) is 11.2. The molecule has 1 aromatic heterocycles. The number of hydrogen-bond acceptors (Lipinski definition) is 3. The molecular weight excluding hydrogens is 226 g/mol. The molecule has 2 aromatic rings. The first kappa shape index (κ1) is 12.6. The monoisotopic (exact) mass is 245 g/mol. The van der Waals surface area contributed by atoms with Crippen LogP contribution >= 0.6 is 0 Å². The highest BCUT2D eigenvalue weighted by Gasteiger charge is 2.05. The summed E-state index contributed by atoms with van der Waals surface area (Å²) in [7, 11) is 4.04. The van der Waals surface area contributed by atoms with E-state index in [0.717, 1.165) is 29.7 Å². The molecule has 0 unspecified atom stereocenters. The number of nitrogens with zero attached hydrogens (tertiary/aromatic N) is 3. The normalized spacial score (nSPS) is 10.8. The third-order valence-corrected chi connectivity index (χ3v) is 3.17. The number of fused-ring (bicyclic) bond motifs is 1. The van der Waals surface area contributed by atoms with Crippen molar-refractivity contribution < 1.29 is 4.79 Å². The molecule has 0 saturated heterocycles. The van der Waals surface area contributed by atoms with E-state index in [0.29, 0.717) is 6.42 Å². The molecule has 0 aliphatic carbocycles. The fraction of sp³-hybridized carbons (Fsp3) is 0.429. The molecule has 0 bridgehead atoms. The zero-order chi connectivity index (χ0) is 13.1. The van der Waals surface area contributed by atoms with Gasteiger partial charge in [0.25, 0.3) is 0 Å². The van der Waals surface area contributed by atoms with Crippen LogP contribution in [0.1, 0.15) is 19.8 Å². The molecule has 0 saturated carbocycles. The van der Waals surface area contributed by atoms with E-state index < -0.39 is 0 Å². The minimum absolute atomic E-state index is 0.253. The minimum atomic E-state index is 0.253. The van der Waals surface area contributed by atoms with Gasteiger partial charge in [-0.05, 0) is 31.5 Å². The molecule has 0 aliphatic heterocycles. The first-order valence-electron chi connectivity index (χ1n) is 6.19. The minimum Gasteiger partial charge on any atom is -0.375 e. The van der Waals surface area contributed by atoms with Crippen LogP contribution < -0.4 is 4.90 Å². The van der Waals surface area contributed by atoms with Crippen molar-refractivity contribution in [3.05, 3.63) is 24.5 Å². The Labute approximate surface area is 107 Å². The lowest BCUT2D eigenvalue weighted by molar-refractivity contribution is -0.117. The van der Waals surface area contributed by atoms with Crippen LogP contribution in [-0.4, -0.2) is 28.9 Å². The molecule has 4 heteroatoms. The summed E-state index contributed by atoms with van der Waals surface area (Å²) in [5, 5.41) is 0. The van der Waals surface area contributed by atoms with Gasteiger partial charge in [0.2, 0.25) is 0 Å². The maximum Gasteiger partial charge on any atom is 0.129 e. The Kier molecular flexibility index (Phi) is 3.65. The number of aromatic nitrogens is 2. The molecule has 0 spiro atoms. The molecule has 2 rings (SSSR count). The lowest BCUT2D eigenvalue weighted by Crippen LogP contribution is -2.18. The van der Waals surface area contributed by atoms with Gasteiger partial charge in [-0.15, -0.1) is 0 Å². The van der Waals surface area contributed by atoms with Gasteiger partial charge in [-0.1, -0.05) is 0 Å². The van der Waals surface area contributed by atoms with E-state index in [1.165, 1.54) is 0 Å². The summed E-state index contributed by atoms with van der Waals surface area (Å²) in [6, 6.07) is 6.26. The van der Waals surface area contributed by atoms with Crippen molar-refractivity contribution >= 4 is 22.5 Å². The predicted octanol–water partition coefficient (Wildman–Crippen LogP) is 2.38. The summed E-state index contributed by atoms with van der Waals surface area (Å²) in [4.78, 5) is 17.4. The van der Waals surface area contributed by atoms with Crippen LogP contribution in [0.5, 0.6) is 0 Å². The second-order valence-corrected chi connectivity index (χ2v) is 4.76. The number of rotatable bonds is 5. The maximum absolute atomic E-state index is 10.9. The van der Waals surface area contributed by atoms with Crippen molar-refractivity contribution in [2.24, 2.45) is 7.05 Å². The SMILES string of the molecule is CC(=O)CCCN(C)c1ccc2c(c1)ncn2C. The van der Waals surface area contributed by atoms with Crippen LogP contribution in [0.2, 0.25) is 0 Å². The van der Waals surface area contributed by atoms with Crippen LogP contribution in [0, 0.1) is 0 Å². The number of carbonyl (C=O) groups is 1. The van der Waals surface area contributed by atoms with Crippen molar-refractivity contribution in [2.45, 2.75) is 19.8 Å². The van der Waals surface area contributed by atoms with Gasteiger partial charge >= 0.3 is 0 Å². The maximum atomic E-state index is 10.9. The number of aryl methyl sites for hydroxylation is 1. The van der Waals surface area contributed by atoms with E-state index in [1.54, 1.807) is 6.92 Å². The average molecular weight is 245 g/mol. The van der Waals surface area contributed by atoms with Gasteiger partial charge in [-0.25, -0.2) is 4.98 Å². The molecule has 0 atom stereocenters. The molecule has 1 heterocycles. The quantitative estimate of drug-likeness (QED) is 0.811. The van der Waals surface area contributed by atoms with Crippen molar-refractivity contribution in [1.82, 2.24) is 9.55 Å². The first-order valence-corrected chi connectivity index (χ1v) is 6.19. The molecular formula is C14H19N3O. The van der Waals surface area contributed by atoms with E-state index in [2.05, 4.69) is 28.1 Å². The second-order valence-electron chi connectivity index (χ2n) is 4.76. The zero-order valence-corrected chi connectivity index (χ0v) is 11.2. The third-order valence-electron chi connectivity index (χ3n) is 3.17. The Hall–Kier alpha value is -1.84. The van der Waals surface area contributed by atoms with Crippen LogP contribution in [0.15, 0.2) is 24.5 Å². The lowest BCUT2D eigenvalue weighted by atomic mass is 10.2. The molecule has 0 N–H and O–H groups in total. The number of hydrogen-bond donors (Lipinski definition) is 0. The predicted molar refractivity (Wildman–Crippen MR) is 73.9 cm³/mol. The highest BCUT2D eigenvalue weighted by molar-refractivity contribution is 5.79. The summed E-state index contributed by atoms with van der Waals surface area (Å²) in [5.74, 6) is 0.253. The Balaban J connectivity index is 2.08. The number of imidazole rings is 1. The molecule has 0 radical (unpaired) electrons. The molecule has 1 aromatic carbocycles. The fourth-order valence-electron chi connectivity index (χ4n) is 2.06. The highest BCUT2D eigenvalue weighted by atomic mass is 16.1. The van der Waals surface area contributed by atoms with E-state index in [1.807, 2.05) is 25.0 Å². The van der Waals surface area contributed by atoms with E-state index in [4.69, 9.17) is 0 Å². The Morgan fingerprint density at radius 1 is 1.44 bits per heavy atom. The van der Waals surface area contributed by atoms with Crippen molar-refractivity contribution in [2.75, 3.05) is 18.5 Å². The smallest absolute Gasteiger partial charge is 0.129 e. The van der Waals surface area contributed by atoms with Crippen molar-refractivity contribution in [3.8, 4) is 0 Å². The summed E-state index contributed by atoms with van der Waals surface area (Å²) in [5.41, 5.74) is 3.29. The van der Waals surface area contributed by atoms with Crippen LogP contribution in [-0.2, 0) is 11.8 Å². The van der Waals surface area contributed by atoms with Gasteiger partial charge in [0, 0.05) is 32.7 Å². The summed E-state index contributed by atoms with van der Waals surface area (Å²) in [6.07, 6.45) is 3.37. The van der Waals surface area contributed by atoms with Crippen molar-refractivity contribution in [1.29, 1.82) is 0 Å². The molecule has 0 aliphatic rings. The average Bonchev–Trinajstić information content (AvgIpc) is 2.70. The first-order chi connectivity index (χ1) is 8.58. The summed E-state index contributed by atoms with van der Waals surface area (Å²) < 4.78 is 2.01. The molecule has 18 heavy (non-hydrogen) atoms. The van der Waals surface area contributed by atoms with E-state index in [9.17, 15) is 4.79 Å². The van der Waals surface area contributed by atoms with Crippen LogP contribution in [0.3, 0.4) is 0 Å². The van der Waals surface area contributed by atoms with Gasteiger partial charge in [-0.3, -0.25) is 0 Å². The van der Waals surface area contributed by atoms with Crippen LogP contribution in [0.4, 0.5) is 5.69 Å². The van der Waals surface area contributed by atoms with Gasteiger partial charge in [0.15, 0.2) is 0 Å². The standard InChI is InChI=1S/C14H19N3O/c1-11(18)5-4-8-16(2)12-6-7-14-13(9-12)15-10-17(14)3/h6-7,9-10H,4-5,8H2,1-3H3. The van der Waals surface area contributed by atoms with Gasteiger partial charge < -0.3 is 14.3 Å². The Morgan fingerprint density at radius 3 is 2.94 bits per heavy atom. The van der Waals surface area contributed by atoms with Gasteiger partial charge in [0.1, 0.15) is 5.78 Å². The topological polar surface area (TPSA) is 38.1 Å². The number of anilines is 1. The highest BCUT2D eigenvalue weighted by Crippen LogP contribution is 2.20. The molecule has 0 amide bonds.